The van der Waals surface area contributed by atoms with Crippen molar-refractivity contribution in [3.05, 3.63) is 0 Å². The Kier molecular flexibility index (Phi) is 4.98. The Labute approximate surface area is 101 Å². The molecule has 1 fully saturated rings. The smallest absolute Gasteiger partial charge is 0.323 e. The summed E-state index contributed by atoms with van der Waals surface area (Å²) in [7, 11) is 0. The third kappa shape index (κ3) is 3.75. The minimum atomic E-state index is -1.02. The number of nitrogens with two attached hydrogens (primary N) is 1. The van der Waals surface area contributed by atoms with Crippen LogP contribution < -0.4 is 5.73 Å². The fraction of sp³-hybridized carbons (Fsp3) is 0.667. The third-order valence-electron chi connectivity index (χ3n) is 3.01. The lowest BCUT2D eigenvalue weighted by atomic mass is 10.1. The van der Waals surface area contributed by atoms with E-state index in [1.807, 2.05) is 0 Å². The minimum absolute atomic E-state index is 0.00224. The van der Waals surface area contributed by atoms with Crippen molar-refractivity contribution in [1.29, 1.82) is 0 Å². The lowest BCUT2D eigenvalue weighted by Crippen LogP contribution is -2.49. The third-order valence-corrected chi connectivity index (χ3v) is 3.01. The Hall–Kier alpha value is -1.54. The predicted octanol–water partition coefficient (Wildman–Crippen LogP) is 0.193. The molecule has 94 valence electrons. The number of terminal acetylenes is 1. The number of carbonyl (C=O) groups is 2. The normalized spacial score (nSPS) is 17.4. The molecule has 1 saturated carbocycles. The molecule has 5 heteroatoms. The Morgan fingerprint density at radius 3 is 2.53 bits per heavy atom. The number of carboxylic acids is 1. The van der Waals surface area contributed by atoms with E-state index in [4.69, 9.17) is 17.3 Å². The van der Waals surface area contributed by atoms with E-state index >= 15 is 0 Å². The molecular weight excluding hydrogens is 220 g/mol. The van der Waals surface area contributed by atoms with Gasteiger partial charge in [-0.1, -0.05) is 12.8 Å². The van der Waals surface area contributed by atoms with E-state index in [0.717, 1.165) is 25.7 Å². The second-order valence-corrected chi connectivity index (χ2v) is 4.31. The average Bonchev–Trinajstić information content (AvgIpc) is 2.78. The molecule has 5 nitrogen and oxygen atoms in total. The van der Waals surface area contributed by atoms with Gasteiger partial charge < -0.3 is 15.7 Å². The molecule has 1 rings (SSSR count). The molecule has 0 bridgehead atoms. The molecule has 3 N–H and O–H groups in total. The topological polar surface area (TPSA) is 83.6 Å². The Morgan fingerprint density at radius 2 is 2.06 bits per heavy atom. The highest BCUT2D eigenvalue weighted by Gasteiger charge is 2.30. The minimum Gasteiger partial charge on any atom is -0.480 e. The lowest BCUT2D eigenvalue weighted by Gasteiger charge is -2.29. The van der Waals surface area contributed by atoms with E-state index < -0.39 is 12.0 Å². The summed E-state index contributed by atoms with van der Waals surface area (Å²) in [6.07, 6.45) is 9.00. The fourth-order valence-corrected chi connectivity index (χ4v) is 2.18. The zero-order valence-corrected chi connectivity index (χ0v) is 9.76. The van der Waals surface area contributed by atoms with E-state index in [2.05, 4.69) is 5.92 Å². The zero-order chi connectivity index (χ0) is 12.8. The molecule has 0 aliphatic heterocycles. The van der Waals surface area contributed by atoms with E-state index in [0.29, 0.717) is 0 Å². The highest BCUT2D eigenvalue weighted by molar-refractivity contribution is 5.85. The van der Waals surface area contributed by atoms with Crippen LogP contribution in [0.2, 0.25) is 0 Å². The van der Waals surface area contributed by atoms with Crippen LogP contribution in [0.15, 0.2) is 0 Å². The molecule has 1 atom stereocenters. The van der Waals surface area contributed by atoms with Gasteiger partial charge in [-0.2, -0.15) is 0 Å². The summed E-state index contributed by atoms with van der Waals surface area (Å²) in [4.78, 5) is 24.1. The van der Waals surface area contributed by atoms with E-state index in [1.54, 1.807) is 0 Å². The molecule has 0 saturated heterocycles. The molecule has 0 aromatic heterocycles. The fourth-order valence-electron chi connectivity index (χ4n) is 2.18. The number of carbonyl (C=O) groups excluding carboxylic acids is 1. The number of nitrogens with zero attached hydrogens (tertiary/aromatic N) is 1. The number of amides is 1. The van der Waals surface area contributed by atoms with Gasteiger partial charge >= 0.3 is 5.97 Å². The molecular formula is C12H18N2O3. The maximum Gasteiger partial charge on any atom is 0.323 e. The first-order valence-corrected chi connectivity index (χ1v) is 5.77. The first-order chi connectivity index (χ1) is 8.06. The van der Waals surface area contributed by atoms with Crippen LogP contribution in [0.4, 0.5) is 0 Å². The summed E-state index contributed by atoms with van der Waals surface area (Å²) in [5, 5.41) is 8.83. The maximum absolute atomic E-state index is 12.0. The van der Waals surface area contributed by atoms with Crippen molar-refractivity contribution >= 4 is 11.9 Å². The highest BCUT2D eigenvalue weighted by Crippen LogP contribution is 2.23. The van der Waals surface area contributed by atoms with Crippen LogP contribution in [0.1, 0.15) is 32.1 Å². The molecule has 0 aromatic rings. The van der Waals surface area contributed by atoms with Gasteiger partial charge in [0.15, 0.2) is 0 Å². The van der Waals surface area contributed by atoms with Crippen LogP contribution in [-0.4, -0.2) is 40.5 Å². The summed E-state index contributed by atoms with van der Waals surface area (Å²) in [6.45, 7) is -0.290. The van der Waals surface area contributed by atoms with Crippen molar-refractivity contribution in [1.82, 2.24) is 4.90 Å². The quantitative estimate of drug-likeness (QED) is 0.670. The number of carboxylic acid groups (broad SMARTS) is 1. The Balaban J connectivity index is 2.71. The van der Waals surface area contributed by atoms with Gasteiger partial charge in [-0.05, 0) is 12.8 Å². The largest absolute Gasteiger partial charge is 0.480 e. The first kappa shape index (κ1) is 13.5. The van der Waals surface area contributed by atoms with Crippen LogP contribution in [0.5, 0.6) is 0 Å². The van der Waals surface area contributed by atoms with Crippen LogP contribution in [-0.2, 0) is 9.59 Å². The molecule has 1 amide bonds. The zero-order valence-electron chi connectivity index (χ0n) is 9.76. The monoisotopic (exact) mass is 238 g/mol. The summed E-state index contributed by atoms with van der Waals surface area (Å²) >= 11 is 0. The van der Waals surface area contributed by atoms with Gasteiger partial charge in [0.1, 0.15) is 6.54 Å². The second kappa shape index (κ2) is 6.26. The summed E-state index contributed by atoms with van der Waals surface area (Å²) in [5.41, 5.74) is 5.65. The SMILES string of the molecule is C#CCC(N)C(=O)N(CC(=O)O)C1CCCC1. The van der Waals surface area contributed by atoms with Crippen LogP contribution >= 0.6 is 0 Å². The van der Waals surface area contributed by atoms with Crippen molar-refractivity contribution in [2.45, 2.75) is 44.2 Å². The van der Waals surface area contributed by atoms with Gasteiger partial charge in [0.05, 0.1) is 6.04 Å². The number of hydrogen-bond donors (Lipinski definition) is 2. The van der Waals surface area contributed by atoms with Gasteiger partial charge in [-0.25, -0.2) is 0 Å². The van der Waals surface area contributed by atoms with E-state index in [9.17, 15) is 9.59 Å². The Morgan fingerprint density at radius 1 is 1.47 bits per heavy atom. The van der Waals surface area contributed by atoms with Crippen LogP contribution in [0, 0.1) is 12.3 Å². The van der Waals surface area contributed by atoms with Gasteiger partial charge in [0.25, 0.3) is 0 Å². The molecule has 1 unspecified atom stereocenters. The van der Waals surface area contributed by atoms with Crippen LogP contribution in [0.3, 0.4) is 0 Å². The van der Waals surface area contributed by atoms with Crippen molar-refractivity contribution in [3.63, 3.8) is 0 Å². The first-order valence-electron chi connectivity index (χ1n) is 5.77. The molecule has 0 aromatic carbocycles. The van der Waals surface area contributed by atoms with E-state index in [-0.39, 0.29) is 24.9 Å². The van der Waals surface area contributed by atoms with Crippen molar-refractivity contribution < 1.29 is 14.7 Å². The lowest BCUT2D eigenvalue weighted by molar-refractivity contribution is -0.146. The number of rotatable bonds is 5. The summed E-state index contributed by atoms with van der Waals surface area (Å²) in [6, 6.07) is -0.789. The molecule has 17 heavy (non-hydrogen) atoms. The second-order valence-electron chi connectivity index (χ2n) is 4.31. The van der Waals surface area contributed by atoms with E-state index in [1.165, 1.54) is 4.90 Å². The molecule has 0 spiro atoms. The molecule has 0 heterocycles. The summed E-state index contributed by atoms with van der Waals surface area (Å²) in [5.74, 6) is 0.962. The summed E-state index contributed by atoms with van der Waals surface area (Å²) < 4.78 is 0. The van der Waals surface area contributed by atoms with Crippen LogP contribution in [0.25, 0.3) is 0 Å². The molecule has 0 radical (unpaired) electrons. The average molecular weight is 238 g/mol. The molecule has 1 aliphatic rings. The van der Waals surface area contributed by atoms with Crippen molar-refractivity contribution in [2.24, 2.45) is 5.73 Å². The van der Waals surface area contributed by atoms with Gasteiger partial charge in [-0.3, -0.25) is 9.59 Å². The van der Waals surface area contributed by atoms with Crippen molar-refractivity contribution in [2.75, 3.05) is 6.54 Å². The number of aliphatic carboxylic acids is 1. The predicted molar refractivity (Wildman–Crippen MR) is 63.0 cm³/mol. The number of hydrogen-bond acceptors (Lipinski definition) is 3. The van der Waals surface area contributed by atoms with Crippen molar-refractivity contribution in [3.8, 4) is 12.3 Å². The van der Waals surface area contributed by atoms with Gasteiger partial charge in [0.2, 0.25) is 5.91 Å². The van der Waals surface area contributed by atoms with Gasteiger partial charge in [-0.15, -0.1) is 12.3 Å². The standard InChI is InChI=1S/C12H18N2O3/c1-2-5-10(13)12(17)14(8-11(15)16)9-6-3-4-7-9/h1,9-10H,3-8,13H2,(H,15,16). The Bertz CT molecular complexity index is 329. The molecule has 1 aliphatic carbocycles. The highest BCUT2D eigenvalue weighted by atomic mass is 16.4. The maximum atomic E-state index is 12.0. The van der Waals surface area contributed by atoms with Gasteiger partial charge in [0, 0.05) is 12.5 Å².